The molecule has 1 aromatic heterocycles. The van der Waals surface area contributed by atoms with E-state index in [1.165, 1.54) is 18.4 Å². The molecule has 1 amide bonds. The molecule has 0 aliphatic carbocycles. The summed E-state index contributed by atoms with van der Waals surface area (Å²) in [5, 5.41) is 7.44. The fourth-order valence-corrected chi connectivity index (χ4v) is 3.70. The number of amides is 1. The van der Waals surface area contributed by atoms with Crippen LogP contribution in [0.5, 0.6) is 0 Å². The molecule has 3 rings (SSSR count). The number of hydrogen-bond donors (Lipinski definition) is 1. The topological polar surface area (TPSA) is 50.2 Å². The zero-order chi connectivity index (χ0) is 17.8. The summed E-state index contributed by atoms with van der Waals surface area (Å²) in [4.78, 5) is 14.9. The summed E-state index contributed by atoms with van der Waals surface area (Å²) < 4.78 is 1.81. The molecule has 1 N–H and O–H groups in total. The van der Waals surface area contributed by atoms with Gasteiger partial charge in [-0.15, -0.1) is 0 Å². The molecule has 1 fully saturated rings. The first kappa shape index (κ1) is 17.7. The number of aryl methyl sites for hydroxylation is 2. The lowest BCUT2D eigenvalue weighted by Crippen LogP contribution is -2.45. The predicted octanol–water partition coefficient (Wildman–Crippen LogP) is 3.07. The van der Waals surface area contributed by atoms with Crippen molar-refractivity contribution in [3.63, 3.8) is 0 Å². The summed E-state index contributed by atoms with van der Waals surface area (Å²) in [7, 11) is 1.90. The van der Waals surface area contributed by atoms with Crippen LogP contribution in [0.1, 0.15) is 36.2 Å². The van der Waals surface area contributed by atoms with E-state index in [0.717, 1.165) is 36.5 Å². The molecule has 1 aliphatic heterocycles. The molecule has 1 atom stereocenters. The van der Waals surface area contributed by atoms with Gasteiger partial charge in [0.25, 0.3) is 0 Å². The van der Waals surface area contributed by atoms with E-state index in [0.29, 0.717) is 12.6 Å². The first-order chi connectivity index (χ1) is 12.0. The second-order valence-corrected chi connectivity index (χ2v) is 7.03. The Morgan fingerprint density at radius 3 is 2.68 bits per heavy atom. The number of benzene rings is 1. The van der Waals surface area contributed by atoms with Crippen molar-refractivity contribution in [1.29, 1.82) is 0 Å². The molecule has 0 spiro atoms. The number of anilines is 1. The van der Waals surface area contributed by atoms with Crippen LogP contribution in [0, 0.1) is 13.8 Å². The molecule has 0 saturated carbocycles. The minimum Gasteiger partial charge on any atom is -0.322 e. The number of piperidine rings is 1. The van der Waals surface area contributed by atoms with E-state index in [9.17, 15) is 4.79 Å². The molecule has 25 heavy (non-hydrogen) atoms. The van der Waals surface area contributed by atoms with E-state index in [4.69, 9.17) is 0 Å². The quantitative estimate of drug-likeness (QED) is 0.910. The first-order valence-corrected chi connectivity index (χ1v) is 9.12. The molecule has 1 aliphatic rings. The van der Waals surface area contributed by atoms with Crippen LogP contribution in [0.2, 0.25) is 0 Å². The van der Waals surface area contributed by atoms with Crippen LogP contribution in [-0.4, -0.2) is 39.7 Å². The molecule has 5 nitrogen and oxygen atoms in total. The van der Waals surface area contributed by atoms with Gasteiger partial charge in [0, 0.05) is 13.1 Å². The molecular weight excluding hydrogens is 312 g/mol. The highest BCUT2D eigenvalue weighted by Gasteiger charge is 2.25. The Balaban J connectivity index is 1.64. The average Bonchev–Trinajstić information content (AvgIpc) is 2.84. The van der Waals surface area contributed by atoms with Crippen molar-refractivity contribution in [2.24, 2.45) is 7.05 Å². The van der Waals surface area contributed by atoms with E-state index < -0.39 is 0 Å². The number of likely N-dealkylation sites (tertiary alicyclic amines) is 1. The van der Waals surface area contributed by atoms with Crippen LogP contribution < -0.4 is 5.32 Å². The van der Waals surface area contributed by atoms with E-state index in [1.54, 1.807) is 0 Å². The summed E-state index contributed by atoms with van der Waals surface area (Å²) in [6, 6.07) is 11.0. The molecule has 0 radical (unpaired) electrons. The van der Waals surface area contributed by atoms with E-state index in [1.807, 2.05) is 31.6 Å². The highest BCUT2D eigenvalue weighted by molar-refractivity contribution is 5.93. The summed E-state index contributed by atoms with van der Waals surface area (Å²) in [6.45, 7) is 5.36. The van der Waals surface area contributed by atoms with Crippen molar-refractivity contribution in [3.8, 4) is 0 Å². The number of carbonyl (C=O) groups excluding carboxylic acids is 1. The van der Waals surface area contributed by atoms with Gasteiger partial charge in [0.15, 0.2) is 0 Å². The van der Waals surface area contributed by atoms with Gasteiger partial charge in [-0.3, -0.25) is 14.4 Å². The van der Waals surface area contributed by atoms with Crippen LogP contribution in [0.4, 0.5) is 5.69 Å². The lowest BCUT2D eigenvalue weighted by molar-refractivity contribution is -0.118. The lowest BCUT2D eigenvalue weighted by Gasteiger charge is -2.35. The van der Waals surface area contributed by atoms with Gasteiger partial charge < -0.3 is 5.32 Å². The van der Waals surface area contributed by atoms with Crippen molar-refractivity contribution in [2.75, 3.05) is 18.4 Å². The van der Waals surface area contributed by atoms with Crippen LogP contribution in [0.15, 0.2) is 30.3 Å². The molecule has 0 unspecified atom stereocenters. The van der Waals surface area contributed by atoms with Crippen molar-refractivity contribution >= 4 is 11.6 Å². The van der Waals surface area contributed by atoms with Gasteiger partial charge in [-0.05, 0) is 45.2 Å². The van der Waals surface area contributed by atoms with Crippen molar-refractivity contribution < 1.29 is 4.79 Å². The first-order valence-electron chi connectivity index (χ1n) is 9.12. The molecule has 1 saturated heterocycles. The monoisotopic (exact) mass is 340 g/mol. The van der Waals surface area contributed by atoms with Crippen molar-refractivity contribution in [3.05, 3.63) is 47.3 Å². The second kappa shape index (κ2) is 7.83. The van der Waals surface area contributed by atoms with Gasteiger partial charge >= 0.3 is 0 Å². The fraction of sp³-hybridized carbons (Fsp3) is 0.500. The number of nitrogens with zero attached hydrogens (tertiary/aromatic N) is 3. The van der Waals surface area contributed by atoms with E-state index in [2.05, 4.69) is 39.6 Å². The zero-order valence-corrected chi connectivity index (χ0v) is 15.5. The highest BCUT2D eigenvalue weighted by Crippen LogP contribution is 2.22. The second-order valence-electron chi connectivity index (χ2n) is 7.03. The third-order valence-electron chi connectivity index (χ3n) is 5.18. The third-order valence-corrected chi connectivity index (χ3v) is 5.18. The maximum atomic E-state index is 12.6. The molecule has 1 aromatic carbocycles. The smallest absolute Gasteiger partial charge is 0.238 e. The zero-order valence-electron chi connectivity index (χ0n) is 15.5. The molecule has 2 aromatic rings. The molecule has 5 heteroatoms. The maximum Gasteiger partial charge on any atom is 0.238 e. The van der Waals surface area contributed by atoms with Crippen molar-refractivity contribution in [1.82, 2.24) is 14.7 Å². The standard InChI is InChI=1S/C20H28N4O/c1-15-20(16(2)23(3)22-15)21-19(25)14-24-12-8-7-11-18(24)13-17-9-5-4-6-10-17/h4-6,9-10,18H,7-8,11-14H2,1-3H3,(H,21,25)/t18-/m1/s1. The Kier molecular flexibility index (Phi) is 5.53. The number of carbonyl (C=O) groups is 1. The van der Waals surface area contributed by atoms with Gasteiger partial charge in [0.05, 0.1) is 23.6 Å². The minimum absolute atomic E-state index is 0.0548. The SMILES string of the molecule is Cc1nn(C)c(C)c1NC(=O)CN1CCCC[C@@H]1Cc1ccccc1. The Morgan fingerprint density at radius 1 is 1.24 bits per heavy atom. The normalized spacial score (nSPS) is 18.3. The summed E-state index contributed by atoms with van der Waals surface area (Å²) in [5.74, 6) is 0.0548. The predicted molar refractivity (Wildman–Crippen MR) is 101 cm³/mol. The van der Waals surface area contributed by atoms with Gasteiger partial charge in [0.1, 0.15) is 0 Å². The number of hydrogen-bond acceptors (Lipinski definition) is 3. The maximum absolute atomic E-state index is 12.6. The van der Waals surface area contributed by atoms with Crippen LogP contribution in [-0.2, 0) is 18.3 Å². The van der Waals surface area contributed by atoms with Crippen LogP contribution >= 0.6 is 0 Å². The van der Waals surface area contributed by atoms with Crippen molar-refractivity contribution in [2.45, 2.75) is 45.6 Å². The largest absolute Gasteiger partial charge is 0.322 e. The Labute approximate surface area is 150 Å². The molecule has 0 bridgehead atoms. The molecular formula is C20H28N4O. The minimum atomic E-state index is 0.0548. The van der Waals surface area contributed by atoms with E-state index in [-0.39, 0.29) is 5.91 Å². The molecule has 134 valence electrons. The summed E-state index contributed by atoms with van der Waals surface area (Å²) in [6.07, 6.45) is 4.59. The highest BCUT2D eigenvalue weighted by atomic mass is 16.2. The number of rotatable bonds is 5. The lowest BCUT2D eigenvalue weighted by atomic mass is 9.95. The average molecular weight is 340 g/mol. The van der Waals surface area contributed by atoms with Gasteiger partial charge in [-0.1, -0.05) is 36.8 Å². The van der Waals surface area contributed by atoms with Gasteiger partial charge in [0.2, 0.25) is 5.91 Å². The van der Waals surface area contributed by atoms with E-state index >= 15 is 0 Å². The summed E-state index contributed by atoms with van der Waals surface area (Å²) in [5.41, 5.74) is 4.06. The number of nitrogens with one attached hydrogen (secondary N) is 1. The molecule has 2 heterocycles. The summed E-state index contributed by atoms with van der Waals surface area (Å²) >= 11 is 0. The Morgan fingerprint density at radius 2 is 2.00 bits per heavy atom. The van der Waals surface area contributed by atoms with Gasteiger partial charge in [-0.25, -0.2) is 0 Å². The Hall–Kier alpha value is -2.14. The van der Waals surface area contributed by atoms with Gasteiger partial charge in [-0.2, -0.15) is 5.10 Å². The fourth-order valence-electron chi connectivity index (χ4n) is 3.70. The van der Waals surface area contributed by atoms with Crippen LogP contribution in [0.25, 0.3) is 0 Å². The Bertz CT molecular complexity index is 723. The van der Waals surface area contributed by atoms with Crippen LogP contribution in [0.3, 0.4) is 0 Å². The third kappa shape index (κ3) is 4.28. The number of aromatic nitrogens is 2.